The van der Waals surface area contributed by atoms with E-state index in [-0.39, 0.29) is 30.2 Å². The Balaban J connectivity index is 2.02. The molecule has 6 nitrogen and oxygen atoms in total. The molecule has 0 spiro atoms. The largest absolute Gasteiger partial charge is 0.495 e. The maximum Gasteiger partial charge on any atom is 0.229 e. The van der Waals surface area contributed by atoms with Crippen molar-refractivity contribution < 1.29 is 14.3 Å². The predicted molar refractivity (Wildman–Crippen MR) is 90.2 cm³/mol. The minimum Gasteiger partial charge on any atom is -0.495 e. The second-order valence-electron chi connectivity index (χ2n) is 5.86. The van der Waals surface area contributed by atoms with Crippen molar-refractivity contribution in [2.45, 2.75) is 39.2 Å². The van der Waals surface area contributed by atoms with Crippen molar-refractivity contribution in [3.05, 3.63) is 18.2 Å². The normalized spacial score (nSPS) is 17.7. The number of hydrogen-bond donors (Lipinski definition) is 2. The Kier molecular flexibility index (Phi) is 5.47. The number of nitrogen functional groups attached to an aromatic ring is 1. The molecule has 0 aliphatic carbocycles. The highest BCUT2D eigenvalue weighted by Crippen LogP contribution is 2.27. The van der Waals surface area contributed by atoms with Crippen LogP contribution in [0.1, 0.15) is 33.1 Å². The van der Waals surface area contributed by atoms with Crippen LogP contribution in [0.2, 0.25) is 0 Å². The van der Waals surface area contributed by atoms with Crippen molar-refractivity contribution in [3.8, 4) is 5.75 Å². The van der Waals surface area contributed by atoms with Crippen molar-refractivity contribution in [2.75, 3.05) is 24.7 Å². The molecule has 6 heteroatoms. The zero-order valence-corrected chi connectivity index (χ0v) is 14.0. The minimum atomic E-state index is -0.313. The first kappa shape index (κ1) is 17.1. The minimum absolute atomic E-state index is 0.0631. The topological polar surface area (TPSA) is 84.7 Å². The highest BCUT2D eigenvalue weighted by atomic mass is 16.5. The molecular weight excluding hydrogens is 294 g/mol. The molecule has 0 aromatic heterocycles. The molecular formula is C17H25N3O3. The number of amides is 2. The van der Waals surface area contributed by atoms with E-state index in [1.165, 1.54) is 0 Å². The second-order valence-corrected chi connectivity index (χ2v) is 5.86. The number of rotatable bonds is 6. The highest BCUT2D eigenvalue weighted by molar-refractivity contribution is 5.97. The number of nitrogens with two attached hydrogens (primary N) is 1. The van der Waals surface area contributed by atoms with Crippen molar-refractivity contribution in [1.82, 2.24) is 4.90 Å². The Labute approximate surface area is 137 Å². The third kappa shape index (κ3) is 3.75. The van der Waals surface area contributed by atoms with E-state index in [1.54, 1.807) is 25.3 Å². The summed E-state index contributed by atoms with van der Waals surface area (Å²) >= 11 is 0. The Morgan fingerprint density at radius 1 is 1.43 bits per heavy atom. The zero-order chi connectivity index (χ0) is 17.0. The standard InChI is InChI=1S/C17H25N3O3/c1-4-13(5-2)20-10-11(8-16(20)21)17(22)19-12-6-7-15(23-3)14(18)9-12/h6-7,9,11,13H,4-5,8,10,18H2,1-3H3,(H,19,22). The number of carbonyl (C=O) groups is 2. The fourth-order valence-electron chi connectivity index (χ4n) is 3.05. The van der Waals surface area contributed by atoms with E-state index < -0.39 is 0 Å². The molecule has 23 heavy (non-hydrogen) atoms. The van der Waals surface area contributed by atoms with Crippen LogP contribution in [0, 0.1) is 5.92 Å². The SMILES string of the molecule is CCC(CC)N1CC(C(=O)Nc2ccc(OC)c(N)c2)CC1=O. The average Bonchev–Trinajstić information content (AvgIpc) is 2.91. The van der Waals surface area contributed by atoms with Gasteiger partial charge in [-0.3, -0.25) is 9.59 Å². The van der Waals surface area contributed by atoms with Gasteiger partial charge in [0.25, 0.3) is 0 Å². The number of hydrogen-bond acceptors (Lipinski definition) is 4. The van der Waals surface area contributed by atoms with Crippen LogP contribution in [0.3, 0.4) is 0 Å². The molecule has 3 N–H and O–H groups in total. The Morgan fingerprint density at radius 2 is 2.13 bits per heavy atom. The first-order valence-electron chi connectivity index (χ1n) is 8.03. The molecule has 1 aliphatic heterocycles. The fraction of sp³-hybridized carbons (Fsp3) is 0.529. The molecule has 0 saturated carbocycles. The summed E-state index contributed by atoms with van der Waals surface area (Å²) in [5.41, 5.74) is 6.92. The number of carbonyl (C=O) groups excluding carboxylic acids is 2. The van der Waals surface area contributed by atoms with Gasteiger partial charge in [-0.1, -0.05) is 13.8 Å². The zero-order valence-electron chi connectivity index (χ0n) is 14.0. The van der Waals surface area contributed by atoms with Gasteiger partial charge in [0, 0.05) is 24.7 Å². The van der Waals surface area contributed by atoms with Crippen LogP contribution in [0.4, 0.5) is 11.4 Å². The van der Waals surface area contributed by atoms with Gasteiger partial charge in [-0.15, -0.1) is 0 Å². The maximum absolute atomic E-state index is 12.4. The smallest absolute Gasteiger partial charge is 0.229 e. The summed E-state index contributed by atoms with van der Waals surface area (Å²) in [5, 5.41) is 2.84. The summed E-state index contributed by atoms with van der Waals surface area (Å²) in [6.45, 7) is 4.62. The van der Waals surface area contributed by atoms with Crippen molar-refractivity contribution >= 4 is 23.2 Å². The molecule has 126 valence electrons. The molecule has 1 atom stereocenters. The predicted octanol–water partition coefficient (Wildman–Crippen LogP) is 2.25. The third-order valence-electron chi connectivity index (χ3n) is 4.41. The quantitative estimate of drug-likeness (QED) is 0.788. The van der Waals surface area contributed by atoms with Gasteiger partial charge in [0.05, 0.1) is 18.7 Å². The number of ether oxygens (including phenoxy) is 1. The first-order chi connectivity index (χ1) is 11.0. The third-order valence-corrected chi connectivity index (χ3v) is 4.41. The molecule has 0 bridgehead atoms. The number of likely N-dealkylation sites (tertiary alicyclic amines) is 1. The summed E-state index contributed by atoms with van der Waals surface area (Å²) in [4.78, 5) is 26.4. The van der Waals surface area contributed by atoms with Gasteiger partial charge >= 0.3 is 0 Å². The lowest BCUT2D eigenvalue weighted by Crippen LogP contribution is -2.36. The van der Waals surface area contributed by atoms with E-state index in [2.05, 4.69) is 19.2 Å². The van der Waals surface area contributed by atoms with Gasteiger partial charge in [0.1, 0.15) is 5.75 Å². The molecule has 0 radical (unpaired) electrons. The summed E-state index contributed by atoms with van der Waals surface area (Å²) in [5.74, 6) is 0.176. The number of methoxy groups -OCH3 is 1. The molecule has 1 fully saturated rings. The van der Waals surface area contributed by atoms with E-state index >= 15 is 0 Å². The number of nitrogens with zero attached hydrogens (tertiary/aromatic N) is 1. The van der Waals surface area contributed by atoms with E-state index in [1.807, 2.05) is 4.90 Å². The lowest BCUT2D eigenvalue weighted by Gasteiger charge is -2.26. The van der Waals surface area contributed by atoms with Gasteiger partial charge < -0.3 is 20.7 Å². The van der Waals surface area contributed by atoms with Crippen molar-refractivity contribution in [1.29, 1.82) is 0 Å². The second kappa shape index (κ2) is 7.35. The van der Waals surface area contributed by atoms with Crippen molar-refractivity contribution in [2.24, 2.45) is 5.92 Å². The molecule has 1 aliphatic rings. The molecule has 1 heterocycles. The van der Waals surface area contributed by atoms with E-state index in [4.69, 9.17) is 10.5 Å². The van der Waals surface area contributed by atoms with Gasteiger partial charge in [-0.05, 0) is 31.0 Å². The van der Waals surface area contributed by atoms with Crippen molar-refractivity contribution in [3.63, 3.8) is 0 Å². The van der Waals surface area contributed by atoms with Crippen LogP contribution in [-0.4, -0.2) is 36.4 Å². The van der Waals surface area contributed by atoms with Crippen LogP contribution in [0.25, 0.3) is 0 Å². The van der Waals surface area contributed by atoms with Crippen LogP contribution in [0.5, 0.6) is 5.75 Å². The Bertz CT molecular complexity index is 584. The highest BCUT2D eigenvalue weighted by Gasteiger charge is 2.36. The summed E-state index contributed by atoms with van der Waals surface area (Å²) < 4.78 is 5.09. The maximum atomic E-state index is 12.4. The number of benzene rings is 1. The van der Waals surface area contributed by atoms with E-state index in [9.17, 15) is 9.59 Å². The number of nitrogens with one attached hydrogen (secondary N) is 1. The van der Waals surface area contributed by atoms with E-state index in [0.29, 0.717) is 23.7 Å². The van der Waals surface area contributed by atoms with Gasteiger partial charge in [0.15, 0.2) is 0 Å². The van der Waals surface area contributed by atoms with Crippen LogP contribution < -0.4 is 15.8 Å². The Morgan fingerprint density at radius 3 is 2.70 bits per heavy atom. The van der Waals surface area contributed by atoms with Crippen LogP contribution >= 0.6 is 0 Å². The van der Waals surface area contributed by atoms with Gasteiger partial charge in [-0.2, -0.15) is 0 Å². The molecule has 2 amide bonds. The number of anilines is 2. The Hall–Kier alpha value is -2.24. The lowest BCUT2D eigenvalue weighted by molar-refractivity contribution is -0.130. The average molecular weight is 319 g/mol. The van der Waals surface area contributed by atoms with Crippen LogP contribution in [0.15, 0.2) is 18.2 Å². The summed E-state index contributed by atoms with van der Waals surface area (Å²) in [6.07, 6.45) is 2.09. The monoisotopic (exact) mass is 319 g/mol. The summed E-state index contributed by atoms with van der Waals surface area (Å²) in [6, 6.07) is 5.33. The van der Waals surface area contributed by atoms with Gasteiger partial charge in [0.2, 0.25) is 11.8 Å². The summed E-state index contributed by atoms with van der Waals surface area (Å²) in [7, 11) is 1.54. The molecule has 1 saturated heterocycles. The molecule has 1 aromatic rings. The van der Waals surface area contributed by atoms with E-state index in [0.717, 1.165) is 12.8 Å². The lowest BCUT2D eigenvalue weighted by atomic mass is 10.1. The molecule has 2 rings (SSSR count). The molecule has 1 aromatic carbocycles. The van der Waals surface area contributed by atoms with Crippen LogP contribution in [-0.2, 0) is 9.59 Å². The fourth-order valence-corrected chi connectivity index (χ4v) is 3.05. The molecule has 1 unspecified atom stereocenters. The van der Waals surface area contributed by atoms with Gasteiger partial charge in [-0.25, -0.2) is 0 Å². The first-order valence-corrected chi connectivity index (χ1v) is 8.03.